The molecule has 0 bridgehead atoms. The van der Waals surface area contributed by atoms with Crippen molar-refractivity contribution in [3.63, 3.8) is 0 Å². The lowest BCUT2D eigenvalue weighted by Crippen LogP contribution is -2.28. The number of phenolic OH excluding ortho intramolecular Hbond substituents is 1. The molecule has 1 aromatic carbocycles. The summed E-state index contributed by atoms with van der Waals surface area (Å²) in [4.78, 5) is 16.0. The molecule has 0 radical (unpaired) electrons. The van der Waals surface area contributed by atoms with Gasteiger partial charge in [0.05, 0.1) is 5.56 Å². The summed E-state index contributed by atoms with van der Waals surface area (Å²) in [5.74, 6) is -0.435. The van der Waals surface area contributed by atoms with Crippen molar-refractivity contribution in [2.75, 3.05) is 14.2 Å². The van der Waals surface area contributed by atoms with E-state index in [1.165, 1.54) is 20.2 Å². The van der Waals surface area contributed by atoms with Gasteiger partial charge in [0.15, 0.2) is 5.71 Å². The second kappa shape index (κ2) is 4.99. The summed E-state index contributed by atoms with van der Waals surface area (Å²) in [6.45, 7) is 0. The summed E-state index contributed by atoms with van der Waals surface area (Å²) in [7, 11) is 2.82. The van der Waals surface area contributed by atoms with E-state index in [1.807, 2.05) is 0 Å². The molecule has 1 rings (SSSR count). The number of benzene rings is 1. The summed E-state index contributed by atoms with van der Waals surface area (Å²) in [5, 5.41) is 15.5. The maximum Gasteiger partial charge on any atom is 0.273 e. The monoisotopic (exact) mass is 208 g/mol. The molecule has 1 aromatic rings. The van der Waals surface area contributed by atoms with Crippen LogP contribution in [0, 0.1) is 0 Å². The minimum atomic E-state index is -0.418. The topological polar surface area (TPSA) is 70.9 Å². The molecule has 0 fully saturated rings. The molecule has 80 valence electrons. The van der Waals surface area contributed by atoms with Crippen molar-refractivity contribution in [2.45, 2.75) is 0 Å². The summed E-state index contributed by atoms with van der Waals surface area (Å²) >= 11 is 0. The Balaban J connectivity index is 3.17. The highest BCUT2D eigenvalue weighted by molar-refractivity contribution is 6.45. The molecule has 0 atom stereocenters. The lowest BCUT2D eigenvalue weighted by atomic mass is 10.1. The number of carbonyl (C=O) groups excluding carboxylic acids is 1. The average Bonchev–Trinajstić information content (AvgIpc) is 2.26. The second-order valence-corrected chi connectivity index (χ2v) is 2.72. The largest absolute Gasteiger partial charge is 0.507 e. The maximum absolute atomic E-state index is 11.4. The van der Waals surface area contributed by atoms with Crippen molar-refractivity contribution in [1.82, 2.24) is 5.32 Å². The average molecular weight is 208 g/mol. The molecule has 0 aromatic heterocycles. The Labute approximate surface area is 87.4 Å². The molecular formula is C10H12N2O3. The van der Waals surface area contributed by atoms with Gasteiger partial charge in [-0.05, 0) is 12.1 Å². The Hall–Kier alpha value is -2.04. The first kappa shape index (κ1) is 11.0. The predicted octanol–water partition coefficient (Wildman–Crippen LogP) is 0.489. The van der Waals surface area contributed by atoms with Gasteiger partial charge in [0, 0.05) is 7.05 Å². The van der Waals surface area contributed by atoms with Crippen LogP contribution in [0.25, 0.3) is 0 Å². The first-order valence-corrected chi connectivity index (χ1v) is 4.32. The number of para-hydroxylation sites is 1. The second-order valence-electron chi connectivity index (χ2n) is 2.72. The lowest BCUT2D eigenvalue weighted by molar-refractivity contribution is -0.114. The molecule has 0 aliphatic heterocycles. The van der Waals surface area contributed by atoms with E-state index in [-0.39, 0.29) is 11.5 Å². The zero-order valence-electron chi connectivity index (χ0n) is 8.52. The fourth-order valence-electron chi connectivity index (χ4n) is 1.10. The molecule has 0 unspecified atom stereocenters. The number of rotatable bonds is 3. The number of amides is 1. The number of hydrogen-bond acceptors (Lipinski definition) is 4. The van der Waals surface area contributed by atoms with Gasteiger partial charge in [0.1, 0.15) is 12.9 Å². The molecule has 5 nitrogen and oxygen atoms in total. The molecule has 0 saturated heterocycles. The van der Waals surface area contributed by atoms with Crippen molar-refractivity contribution in [3.8, 4) is 5.75 Å². The highest BCUT2D eigenvalue weighted by Crippen LogP contribution is 2.16. The summed E-state index contributed by atoms with van der Waals surface area (Å²) in [6, 6.07) is 6.42. The Kier molecular flexibility index (Phi) is 3.68. The van der Waals surface area contributed by atoms with Crippen LogP contribution in [-0.2, 0) is 9.63 Å². The molecule has 2 N–H and O–H groups in total. The third-order valence-corrected chi connectivity index (χ3v) is 1.78. The lowest BCUT2D eigenvalue weighted by Gasteiger charge is -2.05. The van der Waals surface area contributed by atoms with Crippen molar-refractivity contribution < 1.29 is 14.7 Å². The minimum Gasteiger partial charge on any atom is -0.507 e. The van der Waals surface area contributed by atoms with Gasteiger partial charge in [-0.1, -0.05) is 17.3 Å². The van der Waals surface area contributed by atoms with Crippen LogP contribution < -0.4 is 5.32 Å². The molecular weight excluding hydrogens is 196 g/mol. The van der Waals surface area contributed by atoms with Crippen LogP contribution in [0.4, 0.5) is 0 Å². The number of carbonyl (C=O) groups is 1. The molecule has 0 aliphatic carbocycles. The number of likely N-dealkylation sites (N-methyl/N-ethyl adjacent to an activating group) is 1. The highest BCUT2D eigenvalue weighted by atomic mass is 16.6. The third-order valence-electron chi connectivity index (χ3n) is 1.78. The number of aromatic hydroxyl groups is 1. The number of nitrogens with one attached hydrogen (secondary N) is 1. The molecule has 0 spiro atoms. The first-order valence-electron chi connectivity index (χ1n) is 4.32. The van der Waals surface area contributed by atoms with Crippen molar-refractivity contribution in [1.29, 1.82) is 0 Å². The van der Waals surface area contributed by atoms with E-state index in [1.54, 1.807) is 18.2 Å². The predicted molar refractivity (Wildman–Crippen MR) is 55.7 cm³/mol. The van der Waals surface area contributed by atoms with Gasteiger partial charge in [-0.25, -0.2) is 0 Å². The highest BCUT2D eigenvalue weighted by Gasteiger charge is 2.16. The van der Waals surface area contributed by atoms with Gasteiger partial charge in [-0.15, -0.1) is 0 Å². The Morgan fingerprint density at radius 1 is 1.47 bits per heavy atom. The number of oxime groups is 1. The molecule has 1 amide bonds. The van der Waals surface area contributed by atoms with Gasteiger partial charge in [0.2, 0.25) is 0 Å². The molecule has 0 heterocycles. The number of phenols is 1. The van der Waals surface area contributed by atoms with Gasteiger partial charge in [-0.2, -0.15) is 0 Å². The van der Waals surface area contributed by atoms with Crippen molar-refractivity contribution in [3.05, 3.63) is 29.8 Å². The van der Waals surface area contributed by atoms with Crippen LogP contribution in [0.1, 0.15) is 5.56 Å². The van der Waals surface area contributed by atoms with E-state index in [4.69, 9.17) is 0 Å². The van der Waals surface area contributed by atoms with Crippen LogP contribution >= 0.6 is 0 Å². The summed E-state index contributed by atoms with van der Waals surface area (Å²) in [5.41, 5.74) is 0.372. The first-order chi connectivity index (χ1) is 7.20. The zero-order chi connectivity index (χ0) is 11.3. The van der Waals surface area contributed by atoms with Gasteiger partial charge < -0.3 is 15.3 Å². The van der Waals surface area contributed by atoms with Gasteiger partial charge in [0.25, 0.3) is 5.91 Å². The Bertz CT molecular complexity index is 388. The number of hydrogen-bond donors (Lipinski definition) is 2. The van der Waals surface area contributed by atoms with Crippen molar-refractivity contribution >= 4 is 11.6 Å². The minimum absolute atomic E-state index is 0.0168. The van der Waals surface area contributed by atoms with E-state index >= 15 is 0 Å². The van der Waals surface area contributed by atoms with Crippen molar-refractivity contribution in [2.24, 2.45) is 5.16 Å². The van der Waals surface area contributed by atoms with Crippen LogP contribution in [0.15, 0.2) is 29.4 Å². The smallest absolute Gasteiger partial charge is 0.273 e. The van der Waals surface area contributed by atoms with Gasteiger partial charge in [-0.3, -0.25) is 4.79 Å². The Morgan fingerprint density at radius 2 is 2.13 bits per heavy atom. The van der Waals surface area contributed by atoms with Gasteiger partial charge >= 0.3 is 0 Å². The maximum atomic E-state index is 11.4. The normalized spacial score (nSPS) is 10.9. The van der Waals surface area contributed by atoms with E-state index in [9.17, 15) is 9.90 Å². The quantitative estimate of drug-likeness (QED) is 0.561. The molecule has 15 heavy (non-hydrogen) atoms. The van der Waals surface area contributed by atoms with E-state index in [0.717, 1.165) is 0 Å². The summed E-state index contributed by atoms with van der Waals surface area (Å²) < 4.78 is 0. The number of nitrogens with zero attached hydrogens (tertiary/aromatic N) is 1. The fourth-order valence-corrected chi connectivity index (χ4v) is 1.10. The zero-order valence-corrected chi connectivity index (χ0v) is 8.52. The third kappa shape index (κ3) is 2.46. The molecule has 0 saturated carbocycles. The van der Waals surface area contributed by atoms with Crippen LogP contribution in [-0.4, -0.2) is 30.9 Å². The van der Waals surface area contributed by atoms with E-state index in [2.05, 4.69) is 15.3 Å². The fraction of sp³-hybridized carbons (Fsp3) is 0.200. The van der Waals surface area contributed by atoms with Crippen LogP contribution in [0.5, 0.6) is 5.75 Å². The molecule has 0 aliphatic rings. The van der Waals surface area contributed by atoms with E-state index in [0.29, 0.717) is 5.56 Å². The SMILES string of the molecule is CNC(=O)/C(=N/OC)c1ccccc1O. The van der Waals surface area contributed by atoms with Crippen LogP contribution in [0.2, 0.25) is 0 Å². The van der Waals surface area contributed by atoms with E-state index < -0.39 is 5.91 Å². The molecule has 5 heteroatoms. The Morgan fingerprint density at radius 3 is 2.67 bits per heavy atom. The standard InChI is InChI=1S/C10H12N2O3/c1-11-10(14)9(12-15-2)7-5-3-4-6-8(7)13/h3-6,13H,1-2H3,(H,11,14)/b12-9+. The summed E-state index contributed by atoms with van der Waals surface area (Å²) in [6.07, 6.45) is 0. The van der Waals surface area contributed by atoms with Crippen LogP contribution in [0.3, 0.4) is 0 Å².